The second kappa shape index (κ2) is 17.8. The molecule has 0 spiro atoms. The number of amides is 7. The third-order valence-corrected chi connectivity index (χ3v) is 7.39. The highest BCUT2D eigenvalue weighted by atomic mass is 16.4. The van der Waals surface area contributed by atoms with Gasteiger partial charge < -0.3 is 36.4 Å². The number of aliphatic carboxylic acids is 1. The molecule has 45 heavy (non-hydrogen) atoms. The van der Waals surface area contributed by atoms with Crippen LogP contribution in [0.4, 0.5) is 0 Å². The lowest BCUT2D eigenvalue weighted by molar-refractivity contribution is -0.143. The van der Waals surface area contributed by atoms with Crippen LogP contribution in [-0.4, -0.2) is 118 Å². The quantitative estimate of drug-likeness (QED) is 0.0728. The molecule has 2 rings (SSSR count). The van der Waals surface area contributed by atoms with Crippen molar-refractivity contribution in [1.82, 2.24) is 31.1 Å². The summed E-state index contributed by atoms with van der Waals surface area (Å²) < 4.78 is 0. The zero-order valence-electron chi connectivity index (χ0n) is 25.9. The average Bonchev–Trinajstić information content (AvgIpc) is 3.60. The summed E-state index contributed by atoms with van der Waals surface area (Å²) >= 11 is 0. The van der Waals surface area contributed by atoms with Crippen molar-refractivity contribution in [3.8, 4) is 0 Å². The maximum Gasteiger partial charge on any atom is 0.326 e. The number of nitrogens with zero attached hydrogens (tertiary/aromatic N) is 2. The lowest BCUT2D eigenvalue weighted by Crippen LogP contribution is -2.58. The molecule has 1 saturated heterocycles. The van der Waals surface area contributed by atoms with Crippen LogP contribution >= 0.6 is 0 Å². The number of aliphatic hydroxyl groups excluding tert-OH is 1. The summed E-state index contributed by atoms with van der Waals surface area (Å²) in [6.07, 6.45) is 5.16. The SMILES string of the molecule is CC(C)C[C@H](NC(=O)[C@H](C)NC(=O)[C@H](CO)NC(=O)[C@@H]1CCCN1C(=O)CNC(=O)CCCCCN1C(=O)C=CC1=O)C(=O)O. The molecule has 0 unspecified atom stereocenters. The van der Waals surface area contributed by atoms with Crippen LogP contribution in [0.3, 0.4) is 0 Å². The van der Waals surface area contributed by atoms with E-state index in [9.17, 15) is 48.6 Å². The van der Waals surface area contributed by atoms with Gasteiger partial charge in [-0.15, -0.1) is 0 Å². The van der Waals surface area contributed by atoms with Crippen LogP contribution in [0.2, 0.25) is 0 Å². The maximum atomic E-state index is 13.0. The molecule has 0 aliphatic carbocycles. The van der Waals surface area contributed by atoms with E-state index >= 15 is 0 Å². The van der Waals surface area contributed by atoms with Crippen LogP contribution in [0.1, 0.15) is 65.7 Å². The number of hydrogen-bond acceptors (Lipinski definition) is 9. The van der Waals surface area contributed by atoms with Crippen molar-refractivity contribution >= 4 is 47.3 Å². The molecule has 6 N–H and O–H groups in total. The number of carbonyl (C=O) groups is 8. The molecule has 4 atom stereocenters. The molecule has 250 valence electrons. The van der Waals surface area contributed by atoms with Gasteiger partial charge in [-0.2, -0.15) is 0 Å². The highest BCUT2D eigenvalue weighted by Gasteiger charge is 2.36. The fraction of sp³-hybridized carbons (Fsp3) is 0.655. The Morgan fingerprint density at radius 2 is 1.58 bits per heavy atom. The Bertz CT molecular complexity index is 1150. The van der Waals surface area contributed by atoms with E-state index in [1.54, 1.807) is 13.8 Å². The molecule has 0 radical (unpaired) electrons. The fourth-order valence-corrected chi connectivity index (χ4v) is 4.92. The number of likely N-dealkylation sites (tertiary alicyclic amines) is 1. The first-order chi connectivity index (χ1) is 21.2. The first kappa shape index (κ1) is 36.8. The van der Waals surface area contributed by atoms with Gasteiger partial charge in [-0.05, 0) is 44.9 Å². The molecule has 2 aliphatic heterocycles. The topological polar surface area (TPSA) is 232 Å². The molecule has 0 aromatic rings. The first-order valence-corrected chi connectivity index (χ1v) is 15.1. The van der Waals surface area contributed by atoms with Crippen molar-refractivity contribution in [2.75, 3.05) is 26.2 Å². The molecule has 7 amide bonds. The highest BCUT2D eigenvalue weighted by molar-refractivity contribution is 6.12. The average molecular weight is 637 g/mol. The number of carboxylic acid groups (broad SMARTS) is 1. The number of carboxylic acids is 1. The van der Waals surface area contributed by atoms with E-state index in [4.69, 9.17) is 0 Å². The Hall–Kier alpha value is -4.34. The first-order valence-electron chi connectivity index (χ1n) is 15.1. The van der Waals surface area contributed by atoms with Crippen LogP contribution in [0.5, 0.6) is 0 Å². The van der Waals surface area contributed by atoms with Gasteiger partial charge in [0.2, 0.25) is 29.5 Å². The molecule has 1 fully saturated rings. The number of unbranched alkanes of at least 4 members (excludes halogenated alkanes) is 2. The summed E-state index contributed by atoms with van der Waals surface area (Å²) in [4.78, 5) is 100. The van der Waals surface area contributed by atoms with Crippen molar-refractivity contribution in [3.63, 3.8) is 0 Å². The summed E-state index contributed by atoms with van der Waals surface area (Å²) in [6.45, 7) is 4.32. The normalized spacial score (nSPS) is 18.0. The highest BCUT2D eigenvalue weighted by Crippen LogP contribution is 2.18. The predicted octanol–water partition coefficient (Wildman–Crippen LogP) is -1.82. The third kappa shape index (κ3) is 11.6. The Morgan fingerprint density at radius 3 is 2.18 bits per heavy atom. The zero-order chi connectivity index (χ0) is 33.7. The van der Waals surface area contributed by atoms with Crippen molar-refractivity contribution < 1.29 is 48.6 Å². The van der Waals surface area contributed by atoms with E-state index in [1.165, 1.54) is 24.0 Å². The van der Waals surface area contributed by atoms with Gasteiger partial charge in [-0.3, -0.25) is 38.5 Å². The van der Waals surface area contributed by atoms with Gasteiger partial charge in [0.05, 0.1) is 13.2 Å². The van der Waals surface area contributed by atoms with Gasteiger partial charge >= 0.3 is 5.97 Å². The Kier molecular flexibility index (Phi) is 14.6. The Balaban J connectivity index is 1.78. The number of aliphatic hydroxyl groups is 1. The second-order valence-corrected chi connectivity index (χ2v) is 11.5. The molecule has 0 aromatic carbocycles. The fourth-order valence-electron chi connectivity index (χ4n) is 4.92. The predicted molar refractivity (Wildman–Crippen MR) is 158 cm³/mol. The monoisotopic (exact) mass is 636 g/mol. The van der Waals surface area contributed by atoms with E-state index < -0.39 is 60.4 Å². The van der Waals surface area contributed by atoms with Crippen LogP contribution in [0.15, 0.2) is 12.2 Å². The van der Waals surface area contributed by atoms with Gasteiger partial charge in [0, 0.05) is 31.7 Å². The Labute approximate surface area is 261 Å². The van der Waals surface area contributed by atoms with E-state index in [0.29, 0.717) is 32.1 Å². The smallest absolute Gasteiger partial charge is 0.326 e. The molecule has 2 heterocycles. The van der Waals surface area contributed by atoms with Crippen molar-refractivity contribution in [2.45, 2.75) is 89.9 Å². The standard InChI is InChI=1S/C29H44N6O10/c1-17(2)14-19(29(44)45)32-26(41)18(3)31-27(42)20(16-36)33-28(43)21-8-7-13-34(21)25(40)15-30-22(37)9-5-4-6-12-35-23(38)10-11-24(35)39/h10-11,17-21,36H,4-9,12-16H2,1-3H3,(H,30,37)(H,31,42)(H,32,41)(H,33,43)(H,44,45)/t18-,19-,20-,21-/m0/s1. The lowest BCUT2D eigenvalue weighted by Gasteiger charge is -2.26. The van der Waals surface area contributed by atoms with Crippen molar-refractivity contribution in [2.24, 2.45) is 5.92 Å². The van der Waals surface area contributed by atoms with Gasteiger partial charge in [0.25, 0.3) is 11.8 Å². The lowest BCUT2D eigenvalue weighted by atomic mass is 10.0. The van der Waals surface area contributed by atoms with E-state index in [2.05, 4.69) is 21.3 Å². The Morgan fingerprint density at radius 1 is 0.911 bits per heavy atom. The minimum absolute atomic E-state index is 0.00834. The molecule has 0 saturated carbocycles. The largest absolute Gasteiger partial charge is 0.480 e. The van der Waals surface area contributed by atoms with Gasteiger partial charge in [0.15, 0.2) is 0 Å². The number of hydrogen-bond donors (Lipinski definition) is 6. The number of rotatable bonds is 18. The summed E-state index contributed by atoms with van der Waals surface area (Å²) in [5.74, 6) is -5.11. The number of imide groups is 1. The van der Waals surface area contributed by atoms with Gasteiger partial charge in [-0.25, -0.2) is 4.79 Å². The summed E-state index contributed by atoms with van der Waals surface area (Å²) in [7, 11) is 0. The van der Waals surface area contributed by atoms with Crippen LogP contribution in [0.25, 0.3) is 0 Å². The summed E-state index contributed by atoms with van der Waals surface area (Å²) in [5, 5.41) is 28.7. The maximum absolute atomic E-state index is 13.0. The third-order valence-electron chi connectivity index (χ3n) is 7.39. The van der Waals surface area contributed by atoms with Crippen LogP contribution in [-0.2, 0) is 38.4 Å². The van der Waals surface area contributed by atoms with Crippen molar-refractivity contribution in [3.05, 3.63) is 12.2 Å². The molecule has 2 aliphatic rings. The van der Waals surface area contributed by atoms with Crippen molar-refractivity contribution in [1.29, 1.82) is 0 Å². The number of nitrogens with one attached hydrogen (secondary N) is 4. The van der Waals surface area contributed by atoms with Gasteiger partial charge in [-0.1, -0.05) is 20.3 Å². The van der Waals surface area contributed by atoms with E-state index in [1.807, 2.05) is 0 Å². The summed E-state index contributed by atoms with van der Waals surface area (Å²) in [6, 6.07) is -4.69. The van der Waals surface area contributed by atoms with E-state index in [0.717, 1.165) is 4.90 Å². The molecule has 0 bridgehead atoms. The molecular weight excluding hydrogens is 592 g/mol. The van der Waals surface area contributed by atoms with E-state index in [-0.39, 0.29) is 56.1 Å². The molecular formula is C29H44N6O10. The second-order valence-electron chi connectivity index (χ2n) is 11.5. The van der Waals surface area contributed by atoms with Crippen LogP contribution in [0, 0.1) is 5.92 Å². The molecule has 0 aromatic heterocycles. The summed E-state index contributed by atoms with van der Waals surface area (Å²) in [5.41, 5.74) is 0. The van der Waals surface area contributed by atoms with Gasteiger partial charge in [0.1, 0.15) is 24.2 Å². The zero-order valence-corrected chi connectivity index (χ0v) is 25.9. The van der Waals surface area contributed by atoms with Crippen LogP contribution < -0.4 is 21.3 Å². The molecule has 16 heteroatoms. The molecule has 16 nitrogen and oxygen atoms in total. The minimum atomic E-state index is -1.44. The minimum Gasteiger partial charge on any atom is -0.480 e. The number of carbonyl (C=O) groups excluding carboxylic acids is 7.